The first-order valence-electron chi connectivity index (χ1n) is 10.4. The molecule has 6 nitrogen and oxygen atoms in total. The van der Waals surface area contributed by atoms with E-state index in [0.29, 0.717) is 36.0 Å². The fourth-order valence-corrected chi connectivity index (χ4v) is 2.66. The lowest BCUT2D eigenvalue weighted by atomic mass is 10.2. The van der Waals surface area contributed by atoms with Crippen LogP contribution < -0.4 is 14.2 Å². The second-order valence-electron chi connectivity index (χ2n) is 6.74. The van der Waals surface area contributed by atoms with Gasteiger partial charge < -0.3 is 14.2 Å². The lowest BCUT2D eigenvalue weighted by molar-refractivity contribution is 0.0734. The average Bonchev–Trinajstić information content (AvgIpc) is 2.80. The number of ether oxygens (including phenoxy) is 3. The largest absolute Gasteiger partial charge is 0.494 e. The Labute approximate surface area is 182 Å². The molecule has 0 spiro atoms. The van der Waals surface area contributed by atoms with Gasteiger partial charge in [0.2, 0.25) is 0 Å². The molecule has 31 heavy (non-hydrogen) atoms. The highest BCUT2D eigenvalue weighted by molar-refractivity contribution is 5.91. The SMILES string of the molecule is CCCCOc1ccc(N=Nc2ccc(OC(=O)c3ccc(OCC)cc3)cc2)cc1. The maximum atomic E-state index is 12.3. The van der Waals surface area contributed by atoms with E-state index in [1.54, 1.807) is 48.5 Å². The molecular weight excluding hydrogens is 392 g/mol. The minimum atomic E-state index is -0.432. The first-order valence-corrected chi connectivity index (χ1v) is 10.4. The van der Waals surface area contributed by atoms with Crippen LogP contribution in [0.2, 0.25) is 0 Å². The number of rotatable bonds is 10. The van der Waals surface area contributed by atoms with Crippen LogP contribution in [0.3, 0.4) is 0 Å². The molecule has 0 radical (unpaired) electrons. The Morgan fingerprint density at radius 2 is 1.23 bits per heavy atom. The van der Waals surface area contributed by atoms with Crippen LogP contribution in [0.5, 0.6) is 17.2 Å². The van der Waals surface area contributed by atoms with Crippen LogP contribution >= 0.6 is 0 Å². The lowest BCUT2D eigenvalue weighted by Gasteiger charge is -2.06. The summed E-state index contributed by atoms with van der Waals surface area (Å²) in [6.07, 6.45) is 2.14. The predicted molar refractivity (Wildman–Crippen MR) is 120 cm³/mol. The zero-order chi connectivity index (χ0) is 21.9. The molecule has 3 aromatic rings. The maximum absolute atomic E-state index is 12.3. The minimum absolute atomic E-state index is 0.432. The van der Waals surface area contributed by atoms with Gasteiger partial charge in [-0.05, 0) is 86.1 Å². The third-order valence-corrected chi connectivity index (χ3v) is 4.33. The number of hydrogen-bond donors (Lipinski definition) is 0. The van der Waals surface area contributed by atoms with E-state index in [1.165, 1.54) is 0 Å². The van der Waals surface area contributed by atoms with Gasteiger partial charge in [0.25, 0.3) is 0 Å². The molecule has 0 atom stereocenters. The zero-order valence-corrected chi connectivity index (χ0v) is 17.8. The summed E-state index contributed by atoms with van der Waals surface area (Å²) in [5.41, 5.74) is 1.84. The van der Waals surface area contributed by atoms with Crippen molar-refractivity contribution in [2.75, 3.05) is 13.2 Å². The Morgan fingerprint density at radius 1 is 0.710 bits per heavy atom. The van der Waals surface area contributed by atoms with Crippen molar-refractivity contribution in [2.45, 2.75) is 26.7 Å². The van der Waals surface area contributed by atoms with Gasteiger partial charge in [0.05, 0.1) is 30.2 Å². The molecule has 0 bridgehead atoms. The van der Waals surface area contributed by atoms with Gasteiger partial charge in [-0.2, -0.15) is 10.2 Å². The molecule has 0 aliphatic rings. The first-order chi connectivity index (χ1) is 15.2. The summed E-state index contributed by atoms with van der Waals surface area (Å²) < 4.78 is 16.4. The van der Waals surface area contributed by atoms with Gasteiger partial charge in [-0.1, -0.05) is 13.3 Å². The Kier molecular flexibility index (Phi) is 8.17. The van der Waals surface area contributed by atoms with E-state index in [2.05, 4.69) is 17.2 Å². The standard InChI is InChI=1S/C25H26N2O4/c1-3-5-18-30-23-14-8-20(9-15-23)26-27-21-10-16-24(17-11-21)31-25(28)19-6-12-22(13-7-19)29-4-2/h6-17H,3-5,18H2,1-2H3. The smallest absolute Gasteiger partial charge is 0.343 e. The van der Waals surface area contributed by atoms with E-state index >= 15 is 0 Å². The van der Waals surface area contributed by atoms with Gasteiger partial charge >= 0.3 is 5.97 Å². The summed E-state index contributed by atoms with van der Waals surface area (Å²) >= 11 is 0. The summed E-state index contributed by atoms with van der Waals surface area (Å²) in [6.45, 7) is 5.33. The van der Waals surface area contributed by atoms with Crippen molar-refractivity contribution in [2.24, 2.45) is 10.2 Å². The molecule has 0 aliphatic heterocycles. The van der Waals surface area contributed by atoms with Crippen molar-refractivity contribution in [1.82, 2.24) is 0 Å². The fourth-order valence-electron chi connectivity index (χ4n) is 2.66. The Hall–Kier alpha value is -3.67. The molecule has 0 aliphatic carbocycles. The van der Waals surface area contributed by atoms with Crippen LogP contribution in [0.1, 0.15) is 37.0 Å². The van der Waals surface area contributed by atoms with E-state index < -0.39 is 5.97 Å². The summed E-state index contributed by atoms with van der Waals surface area (Å²) in [4.78, 5) is 12.3. The fraction of sp³-hybridized carbons (Fsp3) is 0.240. The van der Waals surface area contributed by atoms with Crippen LogP contribution in [0.25, 0.3) is 0 Å². The molecule has 160 valence electrons. The number of hydrogen-bond acceptors (Lipinski definition) is 6. The first kappa shape index (κ1) is 22.0. The number of carbonyl (C=O) groups is 1. The molecule has 3 rings (SSSR count). The molecule has 0 saturated carbocycles. The van der Waals surface area contributed by atoms with Crippen LogP contribution in [-0.2, 0) is 0 Å². The van der Waals surface area contributed by atoms with Crippen LogP contribution in [0.15, 0.2) is 83.0 Å². The highest BCUT2D eigenvalue weighted by Gasteiger charge is 2.09. The summed E-state index contributed by atoms with van der Waals surface area (Å²) in [5.74, 6) is 1.55. The predicted octanol–water partition coefficient (Wildman–Crippen LogP) is 6.90. The normalized spacial score (nSPS) is 10.8. The van der Waals surface area contributed by atoms with Crippen molar-refractivity contribution in [3.8, 4) is 17.2 Å². The van der Waals surface area contributed by atoms with Gasteiger partial charge in [0, 0.05) is 0 Å². The van der Waals surface area contributed by atoms with E-state index in [0.717, 1.165) is 24.3 Å². The second kappa shape index (κ2) is 11.5. The third-order valence-electron chi connectivity index (χ3n) is 4.33. The molecule has 0 heterocycles. The van der Waals surface area contributed by atoms with Crippen molar-refractivity contribution in [3.05, 3.63) is 78.4 Å². The molecule has 0 fully saturated rings. The lowest BCUT2D eigenvalue weighted by Crippen LogP contribution is -2.08. The molecule has 0 amide bonds. The molecule has 0 N–H and O–H groups in total. The van der Waals surface area contributed by atoms with Crippen LogP contribution in [-0.4, -0.2) is 19.2 Å². The number of carbonyl (C=O) groups excluding carboxylic acids is 1. The summed E-state index contributed by atoms with van der Waals surface area (Å²) in [5, 5.41) is 8.44. The zero-order valence-electron chi connectivity index (χ0n) is 17.8. The van der Waals surface area contributed by atoms with Gasteiger partial charge in [-0.25, -0.2) is 4.79 Å². The second-order valence-corrected chi connectivity index (χ2v) is 6.74. The Morgan fingerprint density at radius 3 is 1.77 bits per heavy atom. The van der Waals surface area contributed by atoms with Crippen molar-refractivity contribution >= 4 is 17.3 Å². The van der Waals surface area contributed by atoms with E-state index in [9.17, 15) is 4.79 Å². The minimum Gasteiger partial charge on any atom is -0.494 e. The quantitative estimate of drug-likeness (QED) is 0.155. The topological polar surface area (TPSA) is 69.5 Å². The van der Waals surface area contributed by atoms with E-state index in [4.69, 9.17) is 14.2 Å². The number of esters is 1. The number of nitrogens with zero attached hydrogens (tertiary/aromatic N) is 2. The highest BCUT2D eigenvalue weighted by Crippen LogP contribution is 2.24. The van der Waals surface area contributed by atoms with Crippen molar-refractivity contribution < 1.29 is 19.0 Å². The highest BCUT2D eigenvalue weighted by atomic mass is 16.5. The summed E-state index contributed by atoms with van der Waals surface area (Å²) in [7, 11) is 0. The molecule has 0 unspecified atom stereocenters. The van der Waals surface area contributed by atoms with E-state index in [1.807, 2.05) is 31.2 Å². The van der Waals surface area contributed by atoms with Gasteiger partial charge in [-0.3, -0.25) is 0 Å². The number of benzene rings is 3. The van der Waals surface area contributed by atoms with Gasteiger partial charge in [0.1, 0.15) is 17.2 Å². The van der Waals surface area contributed by atoms with E-state index in [-0.39, 0.29) is 0 Å². The summed E-state index contributed by atoms with van der Waals surface area (Å²) in [6, 6.07) is 21.2. The molecule has 3 aromatic carbocycles. The molecule has 0 saturated heterocycles. The van der Waals surface area contributed by atoms with Crippen molar-refractivity contribution in [3.63, 3.8) is 0 Å². The van der Waals surface area contributed by atoms with Crippen LogP contribution in [0.4, 0.5) is 11.4 Å². The Balaban J connectivity index is 1.54. The number of unbranched alkanes of at least 4 members (excludes halogenated alkanes) is 1. The molecule has 6 heteroatoms. The number of azo groups is 1. The Bertz CT molecular complexity index is 982. The monoisotopic (exact) mass is 418 g/mol. The van der Waals surface area contributed by atoms with Crippen LogP contribution in [0, 0.1) is 0 Å². The average molecular weight is 418 g/mol. The van der Waals surface area contributed by atoms with Gasteiger partial charge in [0.15, 0.2) is 0 Å². The maximum Gasteiger partial charge on any atom is 0.343 e. The molecule has 0 aromatic heterocycles. The van der Waals surface area contributed by atoms with Gasteiger partial charge in [-0.15, -0.1) is 0 Å². The van der Waals surface area contributed by atoms with Crippen molar-refractivity contribution in [1.29, 1.82) is 0 Å². The third kappa shape index (κ3) is 6.96. The molecular formula is C25H26N2O4.